The van der Waals surface area contributed by atoms with Crippen molar-refractivity contribution in [2.24, 2.45) is 22.7 Å². The van der Waals surface area contributed by atoms with Gasteiger partial charge in [-0.05, 0) is 57.3 Å². The first kappa shape index (κ1) is 24.7. The van der Waals surface area contributed by atoms with Crippen LogP contribution >= 0.6 is 0 Å². The number of hydrogen-bond acceptors (Lipinski definition) is 3. The van der Waals surface area contributed by atoms with Gasteiger partial charge in [0.2, 0.25) is 5.91 Å². The first-order chi connectivity index (χ1) is 13.4. The zero-order chi connectivity index (χ0) is 20.9. The van der Waals surface area contributed by atoms with Crippen molar-refractivity contribution in [1.29, 1.82) is 0 Å². The highest BCUT2D eigenvalue weighted by Gasteiger charge is 2.26. The lowest BCUT2D eigenvalue weighted by molar-refractivity contribution is -0.136. The van der Waals surface area contributed by atoms with E-state index < -0.39 is 0 Å². The van der Waals surface area contributed by atoms with E-state index in [0.717, 1.165) is 70.7 Å². The van der Waals surface area contributed by atoms with Gasteiger partial charge in [0, 0.05) is 44.7 Å². The summed E-state index contributed by atoms with van der Waals surface area (Å²) in [4.78, 5) is 19.4. The van der Waals surface area contributed by atoms with Crippen LogP contribution in [-0.2, 0) is 4.79 Å². The monoisotopic (exact) mass is 396 g/mol. The number of piperidine rings is 1. The van der Waals surface area contributed by atoms with Crippen LogP contribution in [0.3, 0.4) is 0 Å². The van der Waals surface area contributed by atoms with Gasteiger partial charge in [0.1, 0.15) is 0 Å². The third-order valence-corrected chi connectivity index (χ3v) is 5.68. The maximum Gasteiger partial charge on any atom is 0.225 e. The molecule has 1 atom stereocenters. The minimum Gasteiger partial charge on any atom is -0.396 e. The topological polar surface area (TPSA) is 77.0 Å². The first-order valence-electron chi connectivity index (χ1n) is 11.4. The molecule has 0 spiro atoms. The third-order valence-electron chi connectivity index (χ3n) is 5.68. The Morgan fingerprint density at radius 1 is 1.18 bits per heavy atom. The van der Waals surface area contributed by atoms with Gasteiger partial charge in [-0.15, -0.1) is 0 Å². The number of nitrogens with one attached hydrogen (secondary N) is 2. The summed E-state index contributed by atoms with van der Waals surface area (Å²) in [5, 5.41) is 16.2. The maximum atomic E-state index is 12.6. The molecule has 1 rings (SSSR count). The Labute approximate surface area is 172 Å². The van der Waals surface area contributed by atoms with Crippen molar-refractivity contribution >= 4 is 11.9 Å². The maximum absolute atomic E-state index is 12.6. The lowest BCUT2D eigenvalue weighted by atomic mass is 9.94. The molecule has 6 heteroatoms. The van der Waals surface area contributed by atoms with Crippen molar-refractivity contribution in [2.45, 2.75) is 79.2 Å². The number of nitrogens with zero attached hydrogens (tertiary/aromatic N) is 2. The van der Waals surface area contributed by atoms with Crippen LogP contribution in [0.15, 0.2) is 4.99 Å². The van der Waals surface area contributed by atoms with Crippen LogP contribution in [0.1, 0.15) is 73.1 Å². The zero-order valence-electron chi connectivity index (χ0n) is 18.8. The minimum atomic E-state index is 0.174. The molecule has 6 nitrogen and oxygen atoms in total. The van der Waals surface area contributed by atoms with Crippen molar-refractivity contribution in [3.8, 4) is 0 Å². The Balaban J connectivity index is 2.57. The molecule has 0 radical (unpaired) electrons. The highest BCUT2D eigenvalue weighted by molar-refractivity contribution is 5.80. The zero-order valence-corrected chi connectivity index (χ0v) is 18.8. The number of hydrogen-bond donors (Lipinski definition) is 3. The molecule has 0 bridgehead atoms. The number of aliphatic hydroxyl groups is 1. The predicted octanol–water partition coefficient (Wildman–Crippen LogP) is 3.01. The fourth-order valence-electron chi connectivity index (χ4n) is 4.01. The Morgan fingerprint density at radius 2 is 1.82 bits per heavy atom. The number of aliphatic hydroxyl groups excluding tert-OH is 1. The summed E-state index contributed by atoms with van der Waals surface area (Å²) < 4.78 is 0. The van der Waals surface area contributed by atoms with Crippen LogP contribution in [0.5, 0.6) is 0 Å². The largest absolute Gasteiger partial charge is 0.396 e. The number of guanidine groups is 1. The van der Waals surface area contributed by atoms with E-state index in [1.807, 2.05) is 4.90 Å². The molecule has 1 aliphatic rings. The molecule has 3 N–H and O–H groups in total. The molecule has 1 aliphatic heterocycles. The molecule has 1 unspecified atom stereocenters. The SMILES string of the molecule is CCNC(=NCC(CCO)CC(C)C)NC1CCN(C(=O)C(CC)CC)CC1. The van der Waals surface area contributed by atoms with E-state index >= 15 is 0 Å². The normalized spacial score (nSPS) is 17.3. The van der Waals surface area contributed by atoms with Crippen LogP contribution in [-0.4, -0.2) is 60.7 Å². The predicted molar refractivity (Wildman–Crippen MR) is 117 cm³/mol. The summed E-state index contributed by atoms with van der Waals surface area (Å²) >= 11 is 0. The molecule has 28 heavy (non-hydrogen) atoms. The molecule has 0 aromatic heterocycles. The van der Waals surface area contributed by atoms with E-state index in [2.05, 4.69) is 45.3 Å². The van der Waals surface area contributed by atoms with Crippen molar-refractivity contribution in [3.63, 3.8) is 0 Å². The molecule has 1 saturated heterocycles. The van der Waals surface area contributed by atoms with Crippen LogP contribution < -0.4 is 10.6 Å². The van der Waals surface area contributed by atoms with E-state index in [-0.39, 0.29) is 12.5 Å². The molecular weight excluding hydrogens is 352 g/mol. The Bertz CT molecular complexity index is 455. The van der Waals surface area contributed by atoms with E-state index in [0.29, 0.717) is 23.8 Å². The lowest BCUT2D eigenvalue weighted by Crippen LogP contribution is -2.50. The Hall–Kier alpha value is -1.30. The van der Waals surface area contributed by atoms with Crippen LogP contribution in [0, 0.1) is 17.8 Å². The summed E-state index contributed by atoms with van der Waals surface area (Å²) in [7, 11) is 0. The number of rotatable bonds is 11. The quantitative estimate of drug-likeness (QED) is 0.371. The number of carbonyl (C=O) groups is 1. The number of aliphatic imine (C=N–C) groups is 1. The summed E-state index contributed by atoms with van der Waals surface area (Å²) in [5.74, 6) is 2.38. The number of amides is 1. The molecule has 0 saturated carbocycles. The second-order valence-corrected chi connectivity index (χ2v) is 8.48. The standard InChI is InChI=1S/C22H44N4O2/c1-6-19(7-2)21(28)26-12-9-20(10-13-26)25-22(23-8-3)24-16-18(11-14-27)15-17(4)5/h17-20,27H,6-16H2,1-5H3,(H2,23,24,25). The van der Waals surface area contributed by atoms with Gasteiger partial charge in [-0.3, -0.25) is 9.79 Å². The Morgan fingerprint density at radius 3 is 2.32 bits per heavy atom. The van der Waals surface area contributed by atoms with Gasteiger partial charge in [-0.25, -0.2) is 0 Å². The van der Waals surface area contributed by atoms with Gasteiger partial charge in [-0.2, -0.15) is 0 Å². The second kappa shape index (κ2) is 13.8. The van der Waals surface area contributed by atoms with Crippen LogP contribution in [0.4, 0.5) is 0 Å². The van der Waals surface area contributed by atoms with Gasteiger partial charge in [0.05, 0.1) is 0 Å². The molecule has 0 aromatic carbocycles. The molecule has 164 valence electrons. The minimum absolute atomic E-state index is 0.174. The fourth-order valence-corrected chi connectivity index (χ4v) is 4.01. The van der Waals surface area contributed by atoms with Crippen molar-refractivity contribution < 1.29 is 9.90 Å². The highest BCUT2D eigenvalue weighted by atomic mass is 16.3. The van der Waals surface area contributed by atoms with Crippen molar-refractivity contribution in [2.75, 3.05) is 32.8 Å². The second-order valence-electron chi connectivity index (χ2n) is 8.48. The van der Waals surface area contributed by atoms with E-state index in [9.17, 15) is 9.90 Å². The summed E-state index contributed by atoms with van der Waals surface area (Å²) in [6, 6.07) is 0.352. The fraction of sp³-hybridized carbons (Fsp3) is 0.909. The molecule has 0 aromatic rings. The number of likely N-dealkylation sites (tertiary alicyclic amines) is 1. The summed E-state index contributed by atoms with van der Waals surface area (Å²) in [6.45, 7) is 14.1. The van der Waals surface area contributed by atoms with Crippen molar-refractivity contribution in [1.82, 2.24) is 15.5 Å². The smallest absolute Gasteiger partial charge is 0.225 e. The summed E-state index contributed by atoms with van der Waals surface area (Å²) in [5.41, 5.74) is 0. The molecule has 1 fully saturated rings. The van der Waals surface area contributed by atoms with Gasteiger partial charge in [-0.1, -0.05) is 27.7 Å². The van der Waals surface area contributed by atoms with Gasteiger partial charge < -0.3 is 20.6 Å². The van der Waals surface area contributed by atoms with Crippen LogP contribution in [0.25, 0.3) is 0 Å². The van der Waals surface area contributed by atoms with Crippen LogP contribution in [0.2, 0.25) is 0 Å². The molecule has 1 heterocycles. The highest BCUT2D eigenvalue weighted by Crippen LogP contribution is 2.18. The molecule has 1 amide bonds. The molecular formula is C22H44N4O2. The summed E-state index contributed by atoms with van der Waals surface area (Å²) in [6.07, 6.45) is 5.66. The first-order valence-corrected chi connectivity index (χ1v) is 11.4. The van der Waals surface area contributed by atoms with Gasteiger partial charge in [0.25, 0.3) is 0 Å². The van der Waals surface area contributed by atoms with E-state index in [1.54, 1.807) is 0 Å². The molecule has 0 aliphatic carbocycles. The number of carbonyl (C=O) groups excluding carboxylic acids is 1. The van der Waals surface area contributed by atoms with Gasteiger partial charge >= 0.3 is 0 Å². The van der Waals surface area contributed by atoms with Crippen molar-refractivity contribution in [3.05, 3.63) is 0 Å². The van der Waals surface area contributed by atoms with E-state index in [4.69, 9.17) is 4.99 Å². The average molecular weight is 397 g/mol. The van der Waals surface area contributed by atoms with Gasteiger partial charge in [0.15, 0.2) is 5.96 Å². The lowest BCUT2D eigenvalue weighted by Gasteiger charge is -2.35. The van der Waals surface area contributed by atoms with E-state index in [1.165, 1.54) is 0 Å². The third kappa shape index (κ3) is 8.80. The Kier molecular flexibility index (Phi) is 12.2. The average Bonchev–Trinajstić information content (AvgIpc) is 2.67.